The molecule has 0 atom stereocenters. The molecule has 0 saturated carbocycles. The summed E-state index contributed by atoms with van der Waals surface area (Å²) in [6.07, 6.45) is 5.50. The van der Waals surface area contributed by atoms with Crippen LogP contribution in [0.2, 0.25) is 0 Å². The van der Waals surface area contributed by atoms with Crippen LogP contribution in [0.1, 0.15) is 21.5 Å². The summed E-state index contributed by atoms with van der Waals surface area (Å²) < 4.78 is 1.74. The zero-order valence-electron chi connectivity index (χ0n) is 18.7. The smallest absolute Gasteiger partial charge is 0.274 e. The first-order chi connectivity index (χ1) is 16.7. The van der Waals surface area contributed by atoms with Crippen molar-refractivity contribution >= 4 is 16.7 Å². The Morgan fingerprint density at radius 1 is 0.971 bits per heavy atom. The standard InChI is InChI=1S/C27H23N5O2/c1-34-32(17-20-7-3-2-4-8-20)27(33)25-10-6-5-9-24(25)18-31-19-26(29-30-31)22-11-12-23-16-28-14-13-21(23)15-22/h2-16,19H,17-18H2,1H3. The summed E-state index contributed by atoms with van der Waals surface area (Å²) in [5, 5.41) is 12.2. The van der Waals surface area contributed by atoms with Crippen molar-refractivity contribution in [2.45, 2.75) is 13.1 Å². The van der Waals surface area contributed by atoms with Gasteiger partial charge in [-0.15, -0.1) is 5.10 Å². The quantitative estimate of drug-likeness (QED) is 0.336. The lowest BCUT2D eigenvalue weighted by molar-refractivity contribution is -0.102. The molecule has 7 nitrogen and oxygen atoms in total. The number of amides is 1. The number of carbonyl (C=O) groups excluding carboxylic acids is 1. The summed E-state index contributed by atoms with van der Waals surface area (Å²) in [7, 11) is 1.51. The van der Waals surface area contributed by atoms with E-state index in [0.29, 0.717) is 18.7 Å². The number of benzene rings is 3. The number of hydrogen-bond donors (Lipinski definition) is 0. The first kappa shape index (κ1) is 21.5. The highest BCUT2D eigenvalue weighted by molar-refractivity contribution is 5.95. The molecule has 0 aliphatic rings. The fourth-order valence-corrected chi connectivity index (χ4v) is 3.89. The van der Waals surface area contributed by atoms with Crippen LogP contribution < -0.4 is 0 Å². The summed E-state index contributed by atoms with van der Waals surface area (Å²) in [5.74, 6) is -0.203. The van der Waals surface area contributed by atoms with E-state index < -0.39 is 0 Å². The van der Waals surface area contributed by atoms with Gasteiger partial charge in [0.05, 0.1) is 26.4 Å². The Morgan fingerprint density at radius 2 is 1.79 bits per heavy atom. The molecular weight excluding hydrogens is 426 g/mol. The van der Waals surface area contributed by atoms with Gasteiger partial charge >= 0.3 is 0 Å². The lowest BCUT2D eigenvalue weighted by Gasteiger charge is -2.21. The summed E-state index contributed by atoms with van der Waals surface area (Å²) in [4.78, 5) is 22.9. The lowest BCUT2D eigenvalue weighted by atomic mass is 10.1. The maximum Gasteiger partial charge on any atom is 0.278 e. The Balaban J connectivity index is 1.37. The van der Waals surface area contributed by atoms with Crippen LogP contribution in [-0.2, 0) is 17.9 Å². The monoisotopic (exact) mass is 449 g/mol. The molecule has 168 valence electrons. The summed E-state index contributed by atoms with van der Waals surface area (Å²) in [5.41, 5.74) is 4.13. The third-order valence-electron chi connectivity index (χ3n) is 5.67. The summed E-state index contributed by atoms with van der Waals surface area (Å²) in [6, 6.07) is 25.3. The molecule has 5 rings (SSSR count). The van der Waals surface area contributed by atoms with Gasteiger partial charge in [0.1, 0.15) is 5.69 Å². The van der Waals surface area contributed by atoms with Crippen LogP contribution in [0.4, 0.5) is 0 Å². The van der Waals surface area contributed by atoms with E-state index in [1.165, 1.54) is 12.2 Å². The molecule has 34 heavy (non-hydrogen) atoms. The Kier molecular flexibility index (Phi) is 6.09. The molecule has 7 heteroatoms. The highest BCUT2D eigenvalue weighted by atomic mass is 16.7. The molecule has 0 bridgehead atoms. The predicted octanol–water partition coefficient (Wildman–Crippen LogP) is 4.75. The number of aromatic nitrogens is 4. The van der Waals surface area contributed by atoms with Gasteiger partial charge in [-0.1, -0.05) is 65.9 Å². The highest BCUT2D eigenvalue weighted by Gasteiger charge is 2.19. The van der Waals surface area contributed by atoms with Crippen molar-refractivity contribution in [1.29, 1.82) is 0 Å². The van der Waals surface area contributed by atoms with Gasteiger partial charge in [-0.2, -0.15) is 0 Å². The maximum absolute atomic E-state index is 13.3. The van der Waals surface area contributed by atoms with E-state index in [1.807, 2.05) is 85.2 Å². The van der Waals surface area contributed by atoms with E-state index in [1.54, 1.807) is 10.9 Å². The van der Waals surface area contributed by atoms with Gasteiger partial charge in [0.25, 0.3) is 5.91 Å². The van der Waals surface area contributed by atoms with Crippen molar-refractivity contribution in [3.63, 3.8) is 0 Å². The van der Waals surface area contributed by atoms with E-state index >= 15 is 0 Å². The van der Waals surface area contributed by atoms with Gasteiger partial charge < -0.3 is 0 Å². The van der Waals surface area contributed by atoms with E-state index in [9.17, 15) is 4.79 Å². The minimum Gasteiger partial charge on any atom is -0.274 e. The third-order valence-corrected chi connectivity index (χ3v) is 5.67. The second kappa shape index (κ2) is 9.64. The van der Waals surface area contributed by atoms with Crippen LogP contribution in [-0.4, -0.2) is 38.1 Å². The van der Waals surface area contributed by atoms with Crippen molar-refractivity contribution in [3.8, 4) is 11.3 Å². The zero-order valence-corrected chi connectivity index (χ0v) is 18.7. The normalized spacial score (nSPS) is 11.0. The van der Waals surface area contributed by atoms with Crippen LogP contribution in [0.15, 0.2) is 97.5 Å². The molecule has 3 aromatic carbocycles. The Hall–Kier alpha value is -4.36. The fraction of sp³-hybridized carbons (Fsp3) is 0.111. The number of fused-ring (bicyclic) bond motifs is 1. The molecule has 0 aliphatic carbocycles. The second-order valence-corrected chi connectivity index (χ2v) is 7.91. The Labute approximate surface area is 197 Å². The molecule has 0 unspecified atom stereocenters. The summed E-state index contributed by atoms with van der Waals surface area (Å²) >= 11 is 0. The van der Waals surface area contributed by atoms with Crippen LogP contribution in [0.5, 0.6) is 0 Å². The van der Waals surface area contributed by atoms with Gasteiger partial charge in [0.2, 0.25) is 0 Å². The average Bonchev–Trinajstić information content (AvgIpc) is 3.36. The Morgan fingerprint density at radius 3 is 2.65 bits per heavy atom. The van der Waals surface area contributed by atoms with Crippen LogP contribution in [0, 0.1) is 0 Å². The number of pyridine rings is 1. The molecule has 0 spiro atoms. The zero-order chi connectivity index (χ0) is 23.3. The number of carbonyl (C=O) groups is 1. The minimum atomic E-state index is -0.203. The van der Waals surface area contributed by atoms with Crippen molar-refractivity contribution < 1.29 is 9.63 Å². The molecule has 0 fully saturated rings. The van der Waals surface area contributed by atoms with Crippen molar-refractivity contribution in [1.82, 2.24) is 25.0 Å². The molecule has 1 amide bonds. The molecule has 0 N–H and O–H groups in total. The van der Waals surface area contributed by atoms with Gasteiger partial charge in [0, 0.05) is 28.9 Å². The van der Waals surface area contributed by atoms with Gasteiger partial charge in [-0.25, -0.2) is 9.75 Å². The molecule has 0 radical (unpaired) electrons. The Bertz CT molecular complexity index is 1430. The summed E-state index contributed by atoms with van der Waals surface area (Å²) in [6.45, 7) is 0.769. The van der Waals surface area contributed by atoms with E-state index in [0.717, 1.165) is 33.2 Å². The van der Waals surface area contributed by atoms with Crippen LogP contribution in [0.3, 0.4) is 0 Å². The van der Waals surface area contributed by atoms with Crippen molar-refractivity contribution in [2.24, 2.45) is 0 Å². The predicted molar refractivity (Wildman–Crippen MR) is 130 cm³/mol. The molecular formula is C27H23N5O2. The topological polar surface area (TPSA) is 73.1 Å². The molecule has 0 saturated heterocycles. The fourth-order valence-electron chi connectivity index (χ4n) is 3.89. The SMILES string of the molecule is CON(Cc1ccccc1)C(=O)c1ccccc1Cn1cc(-c2ccc3cnccc3c2)nn1. The second-order valence-electron chi connectivity index (χ2n) is 7.91. The van der Waals surface area contributed by atoms with E-state index in [-0.39, 0.29) is 5.91 Å². The maximum atomic E-state index is 13.3. The van der Waals surface area contributed by atoms with Gasteiger partial charge in [-0.3, -0.25) is 14.6 Å². The lowest BCUT2D eigenvalue weighted by Crippen LogP contribution is -2.30. The van der Waals surface area contributed by atoms with E-state index in [4.69, 9.17) is 4.84 Å². The molecule has 0 aliphatic heterocycles. The largest absolute Gasteiger partial charge is 0.278 e. The first-order valence-corrected chi connectivity index (χ1v) is 10.9. The number of rotatable bonds is 7. The highest BCUT2D eigenvalue weighted by Crippen LogP contribution is 2.23. The third kappa shape index (κ3) is 4.55. The number of hydroxylamine groups is 2. The van der Waals surface area contributed by atoms with Gasteiger partial charge in [-0.05, 0) is 34.7 Å². The van der Waals surface area contributed by atoms with Gasteiger partial charge in [0.15, 0.2) is 0 Å². The number of hydrogen-bond acceptors (Lipinski definition) is 5. The van der Waals surface area contributed by atoms with E-state index in [2.05, 4.69) is 21.4 Å². The van der Waals surface area contributed by atoms with Crippen LogP contribution in [0.25, 0.3) is 22.0 Å². The number of nitrogens with zero attached hydrogens (tertiary/aromatic N) is 5. The molecule has 2 aromatic heterocycles. The van der Waals surface area contributed by atoms with Crippen LogP contribution >= 0.6 is 0 Å². The molecule has 2 heterocycles. The molecule has 5 aromatic rings. The van der Waals surface area contributed by atoms with Crippen molar-refractivity contribution in [2.75, 3.05) is 7.11 Å². The van der Waals surface area contributed by atoms with Crippen molar-refractivity contribution in [3.05, 3.63) is 114 Å². The first-order valence-electron chi connectivity index (χ1n) is 10.9. The average molecular weight is 450 g/mol. The minimum absolute atomic E-state index is 0.203.